The van der Waals surface area contributed by atoms with Crippen molar-refractivity contribution in [3.8, 4) is 0 Å². The number of carbonyl (C=O) groups is 2. The number of hydrogen-bond acceptors (Lipinski definition) is 2. The molecule has 4 heteroatoms. The summed E-state index contributed by atoms with van der Waals surface area (Å²) in [5.74, 6) is -1.12. The minimum absolute atomic E-state index is 0.352. The second-order valence-electron chi connectivity index (χ2n) is 4.82. The molecular weight excluding hydrogens is 264 g/mol. The van der Waals surface area contributed by atoms with Gasteiger partial charge >= 0.3 is 11.8 Å². The fourth-order valence-electron chi connectivity index (χ4n) is 1.96. The summed E-state index contributed by atoms with van der Waals surface area (Å²) in [5, 5.41) is 2.64. The van der Waals surface area contributed by atoms with Gasteiger partial charge in [-0.05, 0) is 11.1 Å². The van der Waals surface area contributed by atoms with E-state index in [1.54, 1.807) is 7.05 Å². The second kappa shape index (κ2) is 7.24. The number of nitrogens with zero attached hydrogens (tertiary/aromatic N) is 1. The molecule has 0 saturated heterocycles. The van der Waals surface area contributed by atoms with Crippen LogP contribution in [0.25, 0.3) is 0 Å². The predicted octanol–water partition coefficient (Wildman–Crippen LogP) is 1.96. The van der Waals surface area contributed by atoms with Gasteiger partial charge in [-0.3, -0.25) is 9.59 Å². The van der Waals surface area contributed by atoms with E-state index in [9.17, 15) is 9.59 Å². The lowest BCUT2D eigenvalue weighted by atomic mass is 10.2. The molecule has 21 heavy (non-hydrogen) atoms. The lowest BCUT2D eigenvalue weighted by molar-refractivity contribution is -0.145. The first kappa shape index (κ1) is 14.8. The molecule has 2 aromatic carbocycles. The highest BCUT2D eigenvalue weighted by Gasteiger charge is 2.18. The van der Waals surface area contributed by atoms with Crippen LogP contribution < -0.4 is 5.32 Å². The van der Waals surface area contributed by atoms with Gasteiger partial charge in [0, 0.05) is 20.1 Å². The molecule has 0 aliphatic carbocycles. The van der Waals surface area contributed by atoms with Gasteiger partial charge in [0.25, 0.3) is 0 Å². The highest BCUT2D eigenvalue weighted by molar-refractivity contribution is 6.34. The van der Waals surface area contributed by atoms with Gasteiger partial charge in [0.1, 0.15) is 0 Å². The van der Waals surface area contributed by atoms with Gasteiger partial charge in [-0.15, -0.1) is 0 Å². The summed E-state index contributed by atoms with van der Waals surface area (Å²) in [5.41, 5.74) is 1.95. The quantitative estimate of drug-likeness (QED) is 0.872. The van der Waals surface area contributed by atoms with Crippen molar-refractivity contribution in [1.82, 2.24) is 10.2 Å². The van der Waals surface area contributed by atoms with Crippen LogP contribution in [0, 0.1) is 0 Å². The van der Waals surface area contributed by atoms with Gasteiger partial charge in [0.15, 0.2) is 0 Å². The number of benzene rings is 2. The number of amides is 2. The third-order valence-electron chi connectivity index (χ3n) is 3.10. The topological polar surface area (TPSA) is 49.4 Å². The normalized spacial score (nSPS) is 9.95. The molecule has 0 aromatic heterocycles. The summed E-state index contributed by atoms with van der Waals surface area (Å²) < 4.78 is 0. The maximum atomic E-state index is 12.0. The lowest BCUT2D eigenvalue weighted by Gasteiger charge is -2.16. The van der Waals surface area contributed by atoms with E-state index in [0.717, 1.165) is 11.1 Å². The molecule has 0 heterocycles. The average molecular weight is 282 g/mol. The van der Waals surface area contributed by atoms with Crippen molar-refractivity contribution in [3.05, 3.63) is 71.8 Å². The Morgan fingerprint density at radius 2 is 1.43 bits per heavy atom. The molecule has 0 aliphatic heterocycles. The molecule has 4 nitrogen and oxygen atoms in total. The highest BCUT2D eigenvalue weighted by atomic mass is 16.2. The van der Waals surface area contributed by atoms with Gasteiger partial charge in [0.2, 0.25) is 0 Å². The van der Waals surface area contributed by atoms with E-state index < -0.39 is 11.8 Å². The number of nitrogens with one attached hydrogen (secondary N) is 1. The maximum Gasteiger partial charge on any atom is 0.311 e. The van der Waals surface area contributed by atoms with Gasteiger partial charge in [-0.1, -0.05) is 60.7 Å². The monoisotopic (exact) mass is 282 g/mol. The molecule has 2 aromatic rings. The summed E-state index contributed by atoms with van der Waals surface area (Å²) in [7, 11) is 1.62. The standard InChI is InChI=1S/C17H18N2O2/c1-19(13-15-10-6-3-7-11-15)17(21)16(20)18-12-14-8-4-2-5-9-14/h2-11H,12-13H2,1H3,(H,18,20). The van der Waals surface area contributed by atoms with Crippen molar-refractivity contribution >= 4 is 11.8 Å². The molecule has 2 amide bonds. The predicted molar refractivity (Wildman–Crippen MR) is 81.2 cm³/mol. The van der Waals surface area contributed by atoms with Crippen molar-refractivity contribution in [2.75, 3.05) is 7.05 Å². The molecule has 0 aliphatic rings. The summed E-state index contributed by atoms with van der Waals surface area (Å²) >= 11 is 0. The molecule has 108 valence electrons. The van der Waals surface area contributed by atoms with Crippen LogP contribution in [-0.2, 0) is 22.7 Å². The molecule has 0 radical (unpaired) electrons. The van der Waals surface area contributed by atoms with E-state index in [4.69, 9.17) is 0 Å². The molecule has 0 bridgehead atoms. The first-order chi connectivity index (χ1) is 10.2. The molecule has 2 rings (SSSR count). The summed E-state index contributed by atoms with van der Waals surface area (Å²) in [6.45, 7) is 0.767. The van der Waals surface area contributed by atoms with Crippen LogP contribution in [0.3, 0.4) is 0 Å². The highest BCUT2D eigenvalue weighted by Crippen LogP contribution is 2.03. The smallest absolute Gasteiger partial charge is 0.311 e. The Kier molecular flexibility index (Phi) is 5.10. The SMILES string of the molecule is CN(Cc1ccccc1)C(=O)C(=O)NCc1ccccc1. The van der Waals surface area contributed by atoms with Gasteiger partial charge in [0.05, 0.1) is 0 Å². The third-order valence-corrected chi connectivity index (χ3v) is 3.10. The van der Waals surface area contributed by atoms with Crippen molar-refractivity contribution < 1.29 is 9.59 Å². The Morgan fingerprint density at radius 1 is 0.905 bits per heavy atom. The Hall–Kier alpha value is -2.62. The summed E-state index contributed by atoms with van der Waals surface area (Å²) in [6, 6.07) is 19.1. The number of hydrogen-bond donors (Lipinski definition) is 1. The number of rotatable bonds is 4. The minimum Gasteiger partial charge on any atom is -0.344 e. The maximum absolute atomic E-state index is 12.0. The van der Waals surface area contributed by atoms with E-state index in [2.05, 4.69) is 5.32 Å². The fraction of sp³-hybridized carbons (Fsp3) is 0.176. The summed E-state index contributed by atoms with van der Waals surface area (Å²) in [4.78, 5) is 25.2. The first-order valence-corrected chi connectivity index (χ1v) is 6.78. The zero-order valence-corrected chi connectivity index (χ0v) is 12.0. The average Bonchev–Trinajstić information content (AvgIpc) is 2.53. The van der Waals surface area contributed by atoms with E-state index in [0.29, 0.717) is 13.1 Å². The Labute approximate surface area is 124 Å². The van der Waals surface area contributed by atoms with E-state index in [-0.39, 0.29) is 0 Å². The molecular formula is C17H18N2O2. The molecule has 0 spiro atoms. The van der Waals surface area contributed by atoms with Crippen LogP contribution in [0.5, 0.6) is 0 Å². The van der Waals surface area contributed by atoms with Gasteiger partial charge in [-0.25, -0.2) is 0 Å². The Bertz CT molecular complexity index is 597. The van der Waals surface area contributed by atoms with Crippen LogP contribution in [0.4, 0.5) is 0 Å². The molecule has 1 N–H and O–H groups in total. The van der Waals surface area contributed by atoms with Crippen LogP contribution >= 0.6 is 0 Å². The zero-order valence-electron chi connectivity index (χ0n) is 12.0. The van der Waals surface area contributed by atoms with Crippen molar-refractivity contribution in [1.29, 1.82) is 0 Å². The fourth-order valence-corrected chi connectivity index (χ4v) is 1.96. The number of carbonyl (C=O) groups excluding carboxylic acids is 2. The van der Waals surface area contributed by atoms with Crippen LogP contribution in [-0.4, -0.2) is 23.8 Å². The molecule has 0 atom stereocenters. The van der Waals surface area contributed by atoms with Crippen LogP contribution in [0.15, 0.2) is 60.7 Å². The van der Waals surface area contributed by atoms with Crippen LogP contribution in [0.1, 0.15) is 11.1 Å². The molecule has 0 saturated carbocycles. The van der Waals surface area contributed by atoms with Gasteiger partial charge in [-0.2, -0.15) is 0 Å². The molecule has 0 unspecified atom stereocenters. The largest absolute Gasteiger partial charge is 0.344 e. The minimum atomic E-state index is -0.586. The lowest BCUT2D eigenvalue weighted by Crippen LogP contribution is -2.40. The van der Waals surface area contributed by atoms with E-state index in [1.165, 1.54) is 4.90 Å². The Morgan fingerprint density at radius 3 is 2.00 bits per heavy atom. The van der Waals surface area contributed by atoms with E-state index in [1.807, 2.05) is 60.7 Å². The van der Waals surface area contributed by atoms with Crippen molar-refractivity contribution in [2.45, 2.75) is 13.1 Å². The zero-order chi connectivity index (χ0) is 15.1. The summed E-state index contributed by atoms with van der Waals surface area (Å²) in [6.07, 6.45) is 0. The van der Waals surface area contributed by atoms with E-state index >= 15 is 0 Å². The van der Waals surface area contributed by atoms with Crippen molar-refractivity contribution in [3.63, 3.8) is 0 Å². The van der Waals surface area contributed by atoms with Crippen molar-refractivity contribution in [2.24, 2.45) is 0 Å². The Balaban J connectivity index is 1.85. The van der Waals surface area contributed by atoms with Crippen LogP contribution in [0.2, 0.25) is 0 Å². The number of likely N-dealkylation sites (N-methyl/N-ethyl adjacent to an activating group) is 1. The second-order valence-corrected chi connectivity index (χ2v) is 4.82. The molecule has 0 fully saturated rings. The third kappa shape index (κ3) is 4.45. The first-order valence-electron chi connectivity index (χ1n) is 6.78. The van der Waals surface area contributed by atoms with Gasteiger partial charge < -0.3 is 10.2 Å².